The van der Waals surface area contributed by atoms with Crippen LogP contribution in [0.25, 0.3) is 0 Å². The Bertz CT molecular complexity index is 943. The minimum Gasteiger partial charge on any atom is -0.459 e. The molecule has 0 unspecified atom stereocenters. The topological polar surface area (TPSA) is 100 Å². The molecule has 9 heteroatoms. The zero-order valence-electron chi connectivity index (χ0n) is 21.5. The average Bonchev–Trinajstić information content (AvgIpc) is 2.96. The molecule has 34 heavy (non-hydrogen) atoms. The van der Waals surface area contributed by atoms with Crippen molar-refractivity contribution in [2.24, 2.45) is 0 Å². The van der Waals surface area contributed by atoms with E-state index in [4.69, 9.17) is 18.9 Å². The van der Waals surface area contributed by atoms with E-state index in [0.29, 0.717) is 4.90 Å². The lowest BCUT2D eigenvalue weighted by atomic mass is 10.0. The van der Waals surface area contributed by atoms with Gasteiger partial charge in [-0.2, -0.15) is 0 Å². The van der Waals surface area contributed by atoms with Crippen LogP contribution in [0.4, 0.5) is 0 Å². The minimum absolute atomic E-state index is 0.534. The van der Waals surface area contributed by atoms with E-state index in [1.807, 2.05) is 32.9 Å². The molecule has 1 aromatic carbocycles. The zero-order valence-corrected chi connectivity index (χ0v) is 22.3. The third kappa shape index (κ3) is 7.21. The Balaban J connectivity index is 2.50. The van der Waals surface area contributed by atoms with Gasteiger partial charge < -0.3 is 18.9 Å². The molecule has 1 N–H and O–H groups in total. The van der Waals surface area contributed by atoms with Gasteiger partial charge in [0.1, 0.15) is 40.9 Å². The van der Waals surface area contributed by atoms with Gasteiger partial charge in [-0.25, -0.2) is 8.93 Å². The van der Waals surface area contributed by atoms with Crippen LogP contribution in [0.1, 0.15) is 58.2 Å². The van der Waals surface area contributed by atoms with Gasteiger partial charge in [0.2, 0.25) is 0 Å². The summed E-state index contributed by atoms with van der Waals surface area (Å²) in [5, 5.41) is 0. The fraction of sp³-hybridized carbons (Fsp3) is 0.600. The molecule has 190 valence electrons. The van der Waals surface area contributed by atoms with E-state index in [9.17, 15) is 13.8 Å². The second-order valence-corrected chi connectivity index (χ2v) is 11.2. The maximum Gasteiger partial charge on any atom is 0.327 e. The van der Waals surface area contributed by atoms with Gasteiger partial charge in [0, 0.05) is 6.92 Å². The van der Waals surface area contributed by atoms with Crippen LogP contribution in [0.15, 0.2) is 29.7 Å². The van der Waals surface area contributed by atoms with Crippen molar-refractivity contribution in [2.45, 2.75) is 103 Å². The van der Waals surface area contributed by atoms with Crippen molar-refractivity contribution < 1.29 is 32.7 Å². The summed E-state index contributed by atoms with van der Waals surface area (Å²) in [7, 11) is -1.78. The second kappa shape index (κ2) is 10.7. The van der Waals surface area contributed by atoms with Crippen LogP contribution in [-0.4, -0.2) is 51.9 Å². The average molecular weight is 496 g/mol. The molecule has 0 bridgehead atoms. The van der Waals surface area contributed by atoms with Crippen LogP contribution in [0, 0.1) is 20.8 Å². The summed E-state index contributed by atoms with van der Waals surface area (Å²) in [5.74, 6) is -2.30. The quantitative estimate of drug-likeness (QED) is 0.435. The normalized spacial score (nSPS) is 22.5. The lowest BCUT2D eigenvalue weighted by Gasteiger charge is -2.31. The minimum atomic E-state index is -1.78. The Kier molecular flexibility index (Phi) is 8.85. The van der Waals surface area contributed by atoms with Gasteiger partial charge >= 0.3 is 11.9 Å². The first-order valence-corrected chi connectivity index (χ1v) is 12.3. The van der Waals surface area contributed by atoms with Crippen LogP contribution in [0.3, 0.4) is 0 Å². The van der Waals surface area contributed by atoms with Gasteiger partial charge in [0.05, 0.1) is 4.90 Å². The Morgan fingerprint density at radius 1 is 1.15 bits per heavy atom. The largest absolute Gasteiger partial charge is 0.459 e. The molecule has 8 nitrogen and oxygen atoms in total. The number of rotatable bonds is 8. The Labute approximate surface area is 205 Å². The molecule has 1 aromatic rings. The molecule has 5 atom stereocenters. The molecule has 1 heterocycles. The predicted molar refractivity (Wildman–Crippen MR) is 129 cm³/mol. The highest BCUT2D eigenvalue weighted by Gasteiger charge is 2.52. The maximum absolute atomic E-state index is 13.5. The number of carbonyl (C=O) groups excluding carboxylic acids is 2. The van der Waals surface area contributed by atoms with Gasteiger partial charge in [-0.3, -0.25) is 9.59 Å². The number of benzene rings is 1. The van der Waals surface area contributed by atoms with E-state index >= 15 is 0 Å². The van der Waals surface area contributed by atoms with Crippen molar-refractivity contribution >= 4 is 22.9 Å². The first kappa shape index (κ1) is 28.2. The Morgan fingerprint density at radius 2 is 1.68 bits per heavy atom. The predicted octanol–water partition coefficient (Wildman–Crippen LogP) is 3.57. The Hall–Kier alpha value is -2.07. The highest BCUT2D eigenvalue weighted by molar-refractivity contribution is 7.83. The van der Waals surface area contributed by atoms with Gasteiger partial charge in [-0.05, 0) is 72.6 Å². The standard InChI is InChI=1S/C25H37NO7S/c1-11-18(30-17(5)27)20-21(32-25(9,10)31-20)19(23(28)33-24(6,7)8)26-34(29)22-15(3)12-14(2)13-16(22)4/h11-13,18-21,26H,1H2,2-10H3/t18-,19-,20+,21+,34-/m0/s1. The van der Waals surface area contributed by atoms with E-state index in [1.54, 1.807) is 34.6 Å². The van der Waals surface area contributed by atoms with Crippen LogP contribution in [0.5, 0.6) is 0 Å². The van der Waals surface area contributed by atoms with Crippen molar-refractivity contribution in [3.8, 4) is 0 Å². The SMILES string of the molecule is C=C[C@H](OC(C)=O)[C@H]1OC(C)(C)O[C@@H]1[C@H](N[S@@](=O)c1c(C)cc(C)cc1C)C(=O)OC(C)(C)C. The molecule has 0 amide bonds. The lowest BCUT2D eigenvalue weighted by molar-refractivity contribution is -0.169. The van der Waals surface area contributed by atoms with Crippen LogP contribution in [-0.2, 0) is 39.5 Å². The highest BCUT2D eigenvalue weighted by atomic mass is 32.2. The number of esters is 2. The summed E-state index contributed by atoms with van der Waals surface area (Å²) in [6.07, 6.45) is -1.35. The summed E-state index contributed by atoms with van der Waals surface area (Å²) in [5.41, 5.74) is 1.90. The molecule has 0 radical (unpaired) electrons. The number of ether oxygens (including phenoxy) is 4. The van der Waals surface area contributed by atoms with Crippen molar-refractivity contribution in [2.75, 3.05) is 0 Å². The molecule has 2 rings (SSSR count). The molecule has 0 aromatic heterocycles. The van der Waals surface area contributed by atoms with Gasteiger partial charge in [0.25, 0.3) is 0 Å². The van der Waals surface area contributed by atoms with E-state index in [-0.39, 0.29) is 0 Å². The van der Waals surface area contributed by atoms with Crippen molar-refractivity contribution in [1.29, 1.82) is 0 Å². The van der Waals surface area contributed by atoms with Crippen molar-refractivity contribution in [1.82, 2.24) is 4.72 Å². The molecule has 0 saturated carbocycles. The third-order valence-corrected chi connectivity index (χ3v) is 6.52. The molecule has 1 aliphatic heterocycles. The van der Waals surface area contributed by atoms with E-state index in [0.717, 1.165) is 16.7 Å². The fourth-order valence-corrected chi connectivity index (χ4v) is 5.30. The number of carbonyl (C=O) groups is 2. The number of hydrogen-bond donors (Lipinski definition) is 1. The molecule has 1 saturated heterocycles. The molecule has 0 spiro atoms. The highest BCUT2D eigenvalue weighted by Crippen LogP contribution is 2.34. The monoisotopic (exact) mass is 495 g/mol. The molecule has 1 aliphatic rings. The smallest absolute Gasteiger partial charge is 0.327 e. The molecular formula is C25H37NO7S. The van der Waals surface area contributed by atoms with E-state index < -0.39 is 58.7 Å². The van der Waals surface area contributed by atoms with Crippen LogP contribution in [0.2, 0.25) is 0 Å². The molecule has 1 fully saturated rings. The second-order valence-electron chi connectivity index (χ2n) is 10.0. The van der Waals surface area contributed by atoms with Crippen molar-refractivity contribution in [3.63, 3.8) is 0 Å². The number of hydrogen-bond acceptors (Lipinski definition) is 7. The summed E-state index contributed by atoms with van der Waals surface area (Å²) in [4.78, 5) is 25.6. The summed E-state index contributed by atoms with van der Waals surface area (Å²) < 4.78 is 39.5. The lowest BCUT2D eigenvalue weighted by Crippen LogP contribution is -2.55. The van der Waals surface area contributed by atoms with E-state index in [2.05, 4.69) is 11.3 Å². The van der Waals surface area contributed by atoms with Crippen molar-refractivity contribution in [3.05, 3.63) is 41.5 Å². The zero-order chi connectivity index (χ0) is 26.0. The first-order valence-electron chi connectivity index (χ1n) is 11.2. The van der Waals surface area contributed by atoms with Gasteiger partial charge in [-0.15, -0.1) is 0 Å². The first-order chi connectivity index (χ1) is 15.5. The molecular weight excluding hydrogens is 458 g/mol. The number of nitrogens with one attached hydrogen (secondary N) is 1. The van der Waals surface area contributed by atoms with E-state index in [1.165, 1.54) is 13.0 Å². The van der Waals surface area contributed by atoms with Crippen LogP contribution >= 0.6 is 0 Å². The maximum atomic E-state index is 13.5. The van der Waals surface area contributed by atoms with Gasteiger partial charge in [-0.1, -0.05) is 24.3 Å². The number of aryl methyl sites for hydroxylation is 3. The Morgan fingerprint density at radius 3 is 2.15 bits per heavy atom. The summed E-state index contributed by atoms with van der Waals surface area (Å²) >= 11 is 0. The molecule has 0 aliphatic carbocycles. The summed E-state index contributed by atoms with van der Waals surface area (Å²) in [6.45, 7) is 19.3. The fourth-order valence-electron chi connectivity index (χ4n) is 4.02. The summed E-state index contributed by atoms with van der Waals surface area (Å²) in [6, 6.07) is 2.67. The van der Waals surface area contributed by atoms with Crippen LogP contribution < -0.4 is 4.72 Å². The third-order valence-electron chi connectivity index (χ3n) is 5.04. The van der Waals surface area contributed by atoms with Gasteiger partial charge in [0.15, 0.2) is 5.79 Å².